The maximum absolute atomic E-state index is 14.0. The molecule has 268 valence electrons. The van der Waals surface area contributed by atoms with Gasteiger partial charge in [0.25, 0.3) is 11.8 Å². The molecule has 5 rings (SSSR count). The first-order valence-corrected chi connectivity index (χ1v) is 17.8. The lowest BCUT2D eigenvalue weighted by Crippen LogP contribution is -2.71. The maximum Gasteiger partial charge on any atom is 0.407 e. The van der Waals surface area contributed by atoms with Gasteiger partial charge in [-0.3, -0.25) is 19.3 Å². The SMILES string of the molecule is CO/N=C(/C(=O)N[C@@H]1C(=O)N2C(C(=O)OC(c3ccccc3)c3ccccc3)=C(COC(C)=O)CS[C@H]12)c1ccc(CNC(=O)OC(C)(C)C)s1. The number of thioether (sulfide) groups is 1. The monoisotopic (exact) mass is 734 g/mol. The molecule has 51 heavy (non-hydrogen) atoms. The van der Waals surface area contributed by atoms with Crippen molar-refractivity contribution in [2.75, 3.05) is 19.5 Å². The summed E-state index contributed by atoms with van der Waals surface area (Å²) in [5.41, 5.74) is 1.10. The summed E-state index contributed by atoms with van der Waals surface area (Å²) in [6.07, 6.45) is -1.37. The summed E-state index contributed by atoms with van der Waals surface area (Å²) in [6, 6.07) is 20.8. The third-order valence-electron chi connectivity index (χ3n) is 7.50. The van der Waals surface area contributed by atoms with Gasteiger partial charge in [0.05, 0.1) is 11.4 Å². The average molecular weight is 735 g/mol. The van der Waals surface area contributed by atoms with Crippen LogP contribution in [0.15, 0.2) is 89.2 Å². The summed E-state index contributed by atoms with van der Waals surface area (Å²) in [6.45, 7) is 6.49. The number of carbonyl (C=O) groups excluding carboxylic acids is 5. The number of hydrogen-bond acceptors (Lipinski definition) is 12. The Bertz CT molecular complexity index is 1800. The first kappa shape index (κ1) is 37.1. The molecule has 3 aromatic rings. The zero-order valence-electron chi connectivity index (χ0n) is 28.7. The van der Waals surface area contributed by atoms with E-state index in [0.29, 0.717) is 10.5 Å². The number of oxime groups is 1. The number of carbonyl (C=O) groups is 5. The van der Waals surface area contributed by atoms with Crippen molar-refractivity contribution < 1.29 is 43.0 Å². The van der Waals surface area contributed by atoms with Crippen molar-refractivity contribution in [3.8, 4) is 0 Å². The lowest BCUT2D eigenvalue weighted by molar-refractivity contribution is -0.154. The molecule has 0 radical (unpaired) electrons. The summed E-state index contributed by atoms with van der Waals surface area (Å²) in [7, 11) is 1.30. The van der Waals surface area contributed by atoms with E-state index in [9.17, 15) is 24.0 Å². The highest BCUT2D eigenvalue weighted by Crippen LogP contribution is 2.42. The smallest absolute Gasteiger partial charge is 0.407 e. The van der Waals surface area contributed by atoms with Crippen LogP contribution in [-0.2, 0) is 44.8 Å². The highest BCUT2D eigenvalue weighted by Gasteiger charge is 2.55. The molecule has 2 aromatic carbocycles. The van der Waals surface area contributed by atoms with Crippen LogP contribution in [0.25, 0.3) is 0 Å². The number of amides is 3. The zero-order valence-corrected chi connectivity index (χ0v) is 30.3. The van der Waals surface area contributed by atoms with Crippen molar-refractivity contribution in [3.05, 3.63) is 105 Å². The molecule has 0 aliphatic carbocycles. The normalized spacial score (nSPS) is 17.3. The number of ether oxygens (including phenoxy) is 3. The lowest BCUT2D eigenvalue weighted by Gasteiger charge is -2.49. The van der Waals surface area contributed by atoms with E-state index in [-0.39, 0.29) is 30.3 Å². The average Bonchev–Trinajstić information content (AvgIpc) is 3.58. The fraction of sp³-hybridized carbons (Fsp3) is 0.333. The van der Waals surface area contributed by atoms with Crippen LogP contribution in [0.3, 0.4) is 0 Å². The number of hydrogen-bond donors (Lipinski definition) is 2. The quantitative estimate of drug-likeness (QED) is 0.0880. The number of nitrogens with zero attached hydrogens (tertiary/aromatic N) is 2. The Morgan fingerprint density at radius 1 is 0.980 bits per heavy atom. The number of β-lactam (4-membered cyclic amide) rings is 1. The van der Waals surface area contributed by atoms with Gasteiger partial charge in [0, 0.05) is 23.1 Å². The van der Waals surface area contributed by atoms with Crippen LogP contribution in [-0.4, -0.2) is 76.9 Å². The first-order chi connectivity index (χ1) is 24.4. The van der Waals surface area contributed by atoms with E-state index in [1.165, 1.54) is 42.0 Å². The second-order valence-corrected chi connectivity index (χ2v) is 14.7. The van der Waals surface area contributed by atoms with E-state index in [0.717, 1.165) is 16.0 Å². The van der Waals surface area contributed by atoms with Crippen LogP contribution in [0.4, 0.5) is 4.79 Å². The molecule has 0 unspecified atom stereocenters. The number of thiophene rings is 1. The Hall–Kier alpha value is -5.15. The Kier molecular flexibility index (Phi) is 11.8. The molecule has 2 aliphatic rings. The fourth-order valence-electron chi connectivity index (χ4n) is 5.29. The summed E-state index contributed by atoms with van der Waals surface area (Å²) < 4.78 is 16.6. The largest absolute Gasteiger partial charge is 0.461 e. The molecule has 2 N–H and O–H groups in total. The van der Waals surface area contributed by atoms with Gasteiger partial charge in [-0.2, -0.15) is 0 Å². The molecule has 1 aromatic heterocycles. The highest BCUT2D eigenvalue weighted by molar-refractivity contribution is 8.00. The van der Waals surface area contributed by atoms with E-state index in [1.807, 2.05) is 60.7 Å². The van der Waals surface area contributed by atoms with Gasteiger partial charge in [-0.05, 0) is 44.0 Å². The third-order valence-corrected chi connectivity index (χ3v) is 9.94. The molecular formula is C36H38N4O9S2. The van der Waals surface area contributed by atoms with Gasteiger partial charge in [0.1, 0.15) is 36.4 Å². The Balaban J connectivity index is 1.33. The van der Waals surface area contributed by atoms with Gasteiger partial charge in [0.15, 0.2) is 11.8 Å². The number of alkyl carbamates (subject to hydrolysis) is 1. The molecular weight excluding hydrogens is 697 g/mol. The Morgan fingerprint density at radius 2 is 1.63 bits per heavy atom. The standard InChI is InChI=1S/C36H38N4O9S2/c1-21(41)47-19-24-20-50-33-28(38-31(42)27(39-46-5)26-17-16-25(51-26)18-37-35(45)49-36(2,3)4)32(43)40(33)29(24)34(44)48-30(22-12-8-6-9-13-22)23-14-10-7-11-15-23/h6-17,28,30,33H,18-20H2,1-5H3,(H,37,45)(H,38,42)/b39-27+/t28-,33-/m1/s1. The molecule has 0 spiro atoms. The summed E-state index contributed by atoms with van der Waals surface area (Å²) >= 11 is 2.52. The predicted molar refractivity (Wildman–Crippen MR) is 190 cm³/mol. The van der Waals surface area contributed by atoms with Crippen LogP contribution >= 0.6 is 23.1 Å². The van der Waals surface area contributed by atoms with Crippen molar-refractivity contribution in [2.24, 2.45) is 5.16 Å². The molecule has 1 fully saturated rings. The van der Waals surface area contributed by atoms with Crippen molar-refractivity contribution in [1.29, 1.82) is 0 Å². The predicted octanol–water partition coefficient (Wildman–Crippen LogP) is 4.67. The van der Waals surface area contributed by atoms with Gasteiger partial charge < -0.3 is 29.7 Å². The summed E-state index contributed by atoms with van der Waals surface area (Å²) in [5, 5.41) is 8.68. The van der Waals surface area contributed by atoms with Crippen molar-refractivity contribution in [3.63, 3.8) is 0 Å². The number of benzene rings is 2. The minimum absolute atomic E-state index is 0.0291. The molecule has 15 heteroatoms. The number of esters is 2. The van der Waals surface area contributed by atoms with Gasteiger partial charge in [-0.15, -0.1) is 23.1 Å². The molecule has 2 aliphatic heterocycles. The molecule has 3 heterocycles. The van der Waals surface area contributed by atoms with Gasteiger partial charge in [0.2, 0.25) is 0 Å². The van der Waals surface area contributed by atoms with Crippen molar-refractivity contribution in [1.82, 2.24) is 15.5 Å². The Morgan fingerprint density at radius 3 is 2.22 bits per heavy atom. The lowest BCUT2D eigenvalue weighted by atomic mass is 10.0. The van der Waals surface area contributed by atoms with Crippen LogP contribution in [0.2, 0.25) is 0 Å². The summed E-state index contributed by atoms with van der Waals surface area (Å²) in [4.78, 5) is 72.6. The third kappa shape index (κ3) is 9.15. The molecule has 0 saturated carbocycles. The van der Waals surface area contributed by atoms with E-state index in [4.69, 9.17) is 19.0 Å². The minimum atomic E-state index is -1.00. The van der Waals surface area contributed by atoms with Crippen LogP contribution in [0, 0.1) is 0 Å². The van der Waals surface area contributed by atoms with Gasteiger partial charge >= 0.3 is 18.0 Å². The topological polar surface area (TPSA) is 162 Å². The maximum atomic E-state index is 14.0. The molecule has 3 amide bonds. The number of rotatable bonds is 12. The number of fused-ring (bicyclic) bond motifs is 1. The second kappa shape index (κ2) is 16.2. The van der Waals surface area contributed by atoms with Crippen LogP contribution in [0.1, 0.15) is 54.7 Å². The molecule has 2 atom stereocenters. The minimum Gasteiger partial charge on any atom is -0.461 e. The van der Waals surface area contributed by atoms with Crippen LogP contribution < -0.4 is 10.6 Å². The summed E-state index contributed by atoms with van der Waals surface area (Å²) in [5.74, 6) is -2.30. The molecule has 13 nitrogen and oxygen atoms in total. The number of nitrogens with one attached hydrogen (secondary N) is 2. The van der Waals surface area contributed by atoms with E-state index in [2.05, 4.69) is 15.8 Å². The van der Waals surface area contributed by atoms with Gasteiger partial charge in [-0.1, -0.05) is 65.8 Å². The fourth-order valence-corrected chi connectivity index (χ4v) is 7.54. The van der Waals surface area contributed by atoms with Crippen LogP contribution in [0.5, 0.6) is 0 Å². The zero-order chi connectivity index (χ0) is 36.7. The molecule has 0 bridgehead atoms. The second-order valence-electron chi connectivity index (χ2n) is 12.4. The highest BCUT2D eigenvalue weighted by atomic mass is 32.2. The van der Waals surface area contributed by atoms with E-state index in [1.54, 1.807) is 32.9 Å². The van der Waals surface area contributed by atoms with Gasteiger partial charge in [-0.25, -0.2) is 9.59 Å². The molecule has 1 saturated heterocycles. The van der Waals surface area contributed by atoms with E-state index < -0.39 is 53.0 Å². The first-order valence-electron chi connectivity index (χ1n) is 15.9. The van der Waals surface area contributed by atoms with Crippen molar-refractivity contribution >= 4 is 58.7 Å². The van der Waals surface area contributed by atoms with E-state index >= 15 is 0 Å². The van der Waals surface area contributed by atoms with Crippen molar-refractivity contribution in [2.45, 2.75) is 57.4 Å². The Labute approximate surface area is 303 Å².